The first kappa shape index (κ1) is 17.3. The Bertz CT molecular complexity index is 463. The van der Waals surface area contributed by atoms with Crippen molar-refractivity contribution in [2.75, 3.05) is 6.61 Å². The Morgan fingerprint density at radius 1 is 1.30 bits per heavy atom. The third-order valence-electron chi connectivity index (χ3n) is 2.62. The highest BCUT2D eigenvalue weighted by atomic mass is 32.2. The molecule has 0 radical (unpaired) electrons. The van der Waals surface area contributed by atoms with Gasteiger partial charge in [-0.05, 0) is 26.8 Å². The van der Waals surface area contributed by atoms with Crippen LogP contribution in [0.1, 0.15) is 31.9 Å². The summed E-state index contributed by atoms with van der Waals surface area (Å²) in [5.74, 6) is -4.73. The van der Waals surface area contributed by atoms with Gasteiger partial charge in [0.15, 0.2) is 0 Å². The largest absolute Gasteiger partial charge is 0.598 e. The lowest BCUT2D eigenvalue weighted by atomic mass is 10.0. The molecule has 0 aliphatic carbocycles. The molecule has 2 N–H and O–H groups in total. The molecule has 0 heterocycles. The minimum atomic E-state index is -3.64. The van der Waals surface area contributed by atoms with Crippen molar-refractivity contribution >= 4 is 11.4 Å². The fourth-order valence-electron chi connectivity index (χ4n) is 1.44. The highest BCUT2D eigenvalue weighted by molar-refractivity contribution is 7.90. The van der Waals surface area contributed by atoms with Crippen LogP contribution in [-0.4, -0.2) is 21.0 Å². The van der Waals surface area contributed by atoms with Gasteiger partial charge in [-0.1, -0.05) is 12.1 Å². The normalized spacial score (nSPS) is 14.4. The van der Waals surface area contributed by atoms with Crippen molar-refractivity contribution in [3.63, 3.8) is 0 Å². The van der Waals surface area contributed by atoms with Crippen molar-refractivity contribution in [2.45, 2.75) is 38.0 Å². The molecule has 1 rings (SSSR count). The van der Waals surface area contributed by atoms with Crippen molar-refractivity contribution in [1.82, 2.24) is 4.72 Å². The Morgan fingerprint density at radius 3 is 2.40 bits per heavy atom. The Morgan fingerprint density at radius 2 is 1.90 bits per heavy atom. The van der Waals surface area contributed by atoms with Crippen molar-refractivity contribution in [3.05, 3.63) is 35.1 Å². The second-order valence-electron chi connectivity index (χ2n) is 5.34. The maximum atomic E-state index is 14.0. The lowest BCUT2D eigenvalue weighted by Gasteiger charge is -2.24. The SMILES string of the molecule is CC(C)(C)[S+]([O-])NCc1cccc(C(F)(F)CO)c1F. The molecule has 0 aliphatic heterocycles. The summed E-state index contributed by atoms with van der Waals surface area (Å²) in [6, 6.07) is 3.54. The maximum Gasteiger partial charge on any atom is 0.298 e. The first-order valence-electron chi connectivity index (χ1n) is 6.01. The average Bonchev–Trinajstić information content (AvgIpc) is 2.35. The molecule has 114 valence electrons. The fraction of sp³-hybridized carbons (Fsp3) is 0.538. The molecule has 1 atom stereocenters. The quantitative estimate of drug-likeness (QED) is 0.822. The molecule has 1 aromatic carbocycles. The van der Waals surface area contributed by atoms with Gasteiger partial charge in [0.1, 0.15) is 17.2 Å². The number of alkyl halides is 2. The third-order valence-corrected chi connectivity index (χ3v) is 4.14. The van der Waals surface area contributed by atoms with E-state index >= 15 is 0 Å². The summed E-state index contributed by atoms with van der Waals surface area (Å²) in [5, 5.41) is 8.61. The topological polar surface area (TPSA) is 55.3 Å². The van der Waals surface area contributed by atoms with Crippen LogP contribution in [0.2, 0.25) is 0 Å². The van der Waals surface area contributed by atoms with Crippen molar-refractivity contribution < 1.29 is 22.8 Å². The number of aliphatic hydroxyl groups is 1. The summed E-state index contributed by atoms with van der Waals surface area (Å²) in [4.78, 5) is 0. The third kappa shape index (κ3) is 4.12. The van der Waals surface area contributed by atoms with Gasteiger partial charge in [0, 0.05) is 16.9 Å². The summed E-state index contributed by atoms with van der Waals surface area (Å²) in [6.07, 6.45) is 0. The Labute approximate surface area is 119 Å². The van der Waals surface area contributed by atoms with E-state index in [2.05, 4.69) is 4.72 Å². The van der Waals surface area contributed by atoms with Gasteiger partial charge in [0.05, 0.1) is 12.1 Å². The second kappa shape index (κ2) is 6.34. The highest BCUT2D eigenvalue weighted by Gasteiger charge is 2.34. The van der Waals surface area contributed by atoms with E-state index < -0.39 is 40.0 Å². The van der Waals surface area contributed by atoms with E-state index in [0.29, 0.717) is 0 Å². The van der Waals surface area contributed by atoms with Crippen LogP contribution in [0.3, 0.4) is 0 Å². The molecule has 0 aromatic heterocycles. The van der Waals surface area contributed by atoms with Crippen molar-refractivity contribution in [1.29, 1.82) is 0 Å². The minimum absolute atomic E-state index is 0.0202. The predicted molar refractivity (Wildman–Crippen MR) is 72.1 cm³/mol. The zero-order valence-electron chi connectivity index (χ0n) is 11.5. The van der Waals surface area contributed by atoms with Gasteiger partial charge in [-0.2, -0.15) is 8.78 Å². The summed E-state index contributed by atoms with van der Waals surface area (Å²) in [6.45, 7) is 3.62. The maximum absolute atomic E-state index is 14.0. The minimum Gasteiger partial charge on any atom is -0.598 e. The van der Waals surface area contributed by atoms with E-state index in [9.17, 15) is 17.7 Å². The number of benzene rings is 1. The smallest absolute Gasteiger partial charge is 0.298 e. The van der Waals surface area contributed by atoms with Gasteiger partial charge in [0.2, 0.25) is 0 Å². The van der Waals surface area contributed by atoms with Crippen LogP contribution in [0.15, 0.2) is 18.2 Å². The zero-order chi connectivity index (χ0) is 15.6. The first-order valence-corrected chi connectivity index (χ1v) is 7.16. The van der Waals surface area contributed by atoms with E-state index in [-0.39, 0.29) is 12.1 Å². The van der Waals surface area contributed by atoms with E-state index in [1.165, 1.54) is 12.1 Å². The lowest BCUT2D eigenvalue weighted by Crippen LogP contribution is -2.39. The van der Waals surface area contributed by atoms with Crippen LogP contribution >= 0.6 is 0 Å². The summed E-state index contributed by atoms with van der Waals surface area (Å²) < 4.78 is 54.5. The molecule has 1 unspecified atom stereocenters. The second-order valence-corrected chi connectivity index (χ2v) is 7.39. The van der Waals surface area contributed by atoms with Crippen LogP contribution in [0.5, 0.6) is 0 Å². The summed E-state index contributed by atoms with van der Waals surface area (Å²) >= 11 is -1.43. The molecule has 7 heteroatoms. The Hall–Kier alpha value is -0.760. The molecule has 0 bridgehead atoms. The molecule has 20 heavy (non-hydrogen) atoms. The molecule has 0 saturated carbocycles. The number of hydrogen-bond donors (Lipinski definition) is 2. The van der Waals surface area contributed by atoms with E-state index in [4.69, 9.17) is 5.11 Å². The zero-order valence-corrected chi connectivity index (χ0v) is 12.4. The highest BCUT2D eigenvalue weighted by Crippen LogP contribution is 2.30. The standard InChI is InChI=1S/C13H18F3NO2S/c1-12(2,3)20(19)17-7-9-5-4-6-10(11(9)14)13(15,16)8-18/h4-6,17-18H,7-8H2,1-3H3. The van der Waals surface area contributed by atoms with E-state index in [0.717, 1.165) is 6.07 Å². The van der Waals surface area contributed by atoms with Gasteiger partial charge in [-0.25, -0.2) is 4.39 Å². The lowest BCUT2D eigenvalue weighted by molar-refractivity contribution is -0.0583. The predicted octanol–water partition coefficient (Wildman–Crippen LogP) is 2.46. The monoisotopic (exact) mass is 309 g/mol. The molecule has 0 fully saturated rings. The van der Waals surface area contributed by atoms with Crippen LogP contribution in [-0.2, 0) is 23.8 Å². The summed E-state index contributed by atoms with van der Waals surface area (Å²) in [7, 11) is 0. The summed E-state index contributed by atoms with van der Waals surface area (Å²) in [5.41, 5.74) is -0.880. The van der Waals surface area contributed by atoms with Crippen LogP contribution < -0.4 is 4.72 Å². The van der Waals surface area contributed by atoms with Crippen LogP contribution in [0, 0.1) is 5.82 Å². The van der Waals surface area contributed by atoms with Gasteiger partial charge in [-0.3, -0.25) is 0 Å². The van der Waals surface area contributed by atoms with E-state index in [1.54, 1.807) is 20.8 Å². The van der Waals surface area contributed by atoms with Crippen molar-refractivity contribution in [2.24, 2.45) is 0 Å². The molecule has 0 spiro atoms. The fourth-order valence-corrected chi connectivity index (χ4v) is 2.16. The van der Waals surface area contributed by atoms with Crippen molar-refractivity contribution in [3.8, 4) is 0 Å². The van der Waals surface area contributed by atoms with Gasteiger partial charge < -0.3 is 9.66 Å². The molecule has 0 saturated heterocycles. The van der Waals surface area contributed by atoms with Crippen LogP contribution in [0.4, 0.5) is 13.2 Å². The molecule has 3 nitrogen and oxygen atoms in total. The number of aliphatic hydroxyl groups excluding tert-OH is 1. The molecule has 1 aromatic rings. The molecule has 0 amide bonds. The number of rotatable bonds is 5. The van der Waals surface area contributed by atoms with E-state index in [1.807, 2.05) is 0 Å². The molecular formula is C13H18F3NO2S. The average molecular weight is 309 g/mol. The number of nitrogens with one attached hydrogen (secondary N) is 1. The van der Waals surface area contributed by atoms with Gasteiger partial charge in [0.25, 0.3) is 5.92 Å². The van der Waals surface area contributed by atoms with Gasteiger partial charge in [-0.15, -0.1) is 4.72 Å². The number of hydrogen-bond acceptors (Lipinski definition) is 3. The number of halogens is 3. The Balaban J connectivity index is 2.91. The first-order chi connectivity index (χ1) is 9.09. The van der Waals surface area contributed by atoms with Crippen LogP contribution in [0.25, 0.3) is 0 Å². The Kier molecular flexibility index (Phi) is 5.48. The molecular weight excluding hydrogens is 291 g/mol. The van der Waals surface area contributed by atoms with Gasteiger partial charge >= 0.3 is 0 Å². The molecule has 0 aliphatic rings.